The lowest BCUT2D eigenvalue weighted by Gasteiger charge is -2.18. The molecule has 1 N–H and O–H groups in total. The largest absolute Gasteiger partial charge is 0.354 e. The minimum atomic E-state index is -0.287. The number of nitrogens with zero attached hydrogens (tertiary/aromatic N) is 1. The van der Waals surface area contributed by atoms with Gasteiger partial charge in [0.25, 0.3) is 0 Å². The lowest BCUT2D eigenvalue weighted by molar-refractivity contribution is -0.126. The fraction of sp³-hybridized carbons (Fsp3) is 0.467. The predicted molar refractivity (Wildman–Crippen MR) is 79.9 cm³/mol. The van der Waals surface area contributed by atoms with Crippen LogP contribution in [0.1, 0.15) is 25.8 Å². The van der Waals surface area contributed by atoms with Gasteiger partial charge >= 0.3 is 0 Å². The van der Waals surface area contributed by atoms with E-state index in [1.165, 1.54) is 0 Å². The van der Waals surface area contributed by atoms with Crippen LogP contribution in [0.4, 0.5) is 5.69 Å². The standard InChI is InChI=1S/C15H19ClN2O2/c1-9(2)17-15(20)11-6-14(19)18(8-11)12-5-4-10(3)13(16)7-12/h4-5,7,9,11H,6,8H2,1-3H3,(H,17,20)/t11-/m0/s1. The van der Waals surface area contributed by atoms with Crippen LogP contribution in [0.5, 0.6) is 0 Å². The maximum Gasteiger partial charge on any atom is 0.227 e. The first kappa shape index (κ1) is 14.9. The van der Waals surface area contributed by atoms with Crippen molar-refractivity contribution in [2.75, 3.05) is 11.4 Å². The summed E-state index contributed by atoms with van der Waals surface area (Å²) in [5, 5.41) is 3.48. The topological polar surface area (TPSA) is 49.4 Å². The van der Waals surface area contributed by atoms with E-state index in [1.807, 2.05) is 32.9 Å². The van der Waals surface area contributed by atoms with Gasteiger partial charge in [0.2, 0.25) is 11.8 Å². The molecule has 20 heavy (non-hydrogen) atoms. The van der Waals surface area contributed by atoms with Crippen molar-refractivity contribution >= 4 is 29.1 Å². The minimum Gasteiger partial charge on any atom is -0.354 e. The van der Waals surface area contributed by atoms with Gasteiger partial charge in [-0.3, -0.25) is 9.59 Å². The first-order valence-corrected chi connectivity index (χ1v) is 7.13. The van der Waals surface area contributed by atoms with E-state index in [9.17, 15) is 9.59 Å². The Hall–Kier alpha value is -1.55. The number of carbonyl (C=O) groups is 2. The third kappa shape index (κ3) is 3.12. The summed E-state index contributed by atoms with van der Waals surface area (Å²) < 4.78 is 0. The molecule has 5 heteroatoms. The molecule has 1 saturated heterocycles. The molecule has 0 spiro atoms. The number of benzene rings is 1. The number of aryl methyl sites for hydroxylation is 1. The highest BCUT2D eigenvalue weighted by molar-refractivity contribution is 6.31. The van der Waals surface area contributed by atoms with Crippen LogP contribution in [0.3, 0.4) is 0 Å². The molecule has 108 valence electrons. The zero-order valence-corrected chi connectivity index (χ0v) is 12.7. The number of amides is 2. The highest BCUT2D eigenvalue weighted by Gasteiger charge is 2.35. The first-order chi connectivity index (χ1) is 9.38. The van der Waals surface area contributed by atoms with E-state index in [0.29, 0.717) is 11.6 Å². The van der Waals surface area contributed by atoms with Crippen LogP contribution in [0.2, 0.25) is 5.02 Å². The summed E-state index contributed by atoms with van der Waals surface area (Å²) in [6.45, 7) is 6.14. The number of halogens is 1. The zero-order valence-electron chi connectivity index (χ0n) is 11.9. The third-order valence-electron chi connectivity index (χ3n) is 3.39. The Labute approximate surface area is 124 Å². The Kier molecular flexibility index (Phi) is 4.33. The van der Waals surface area contributed by atoms with Gasteiger partial charge in [-0.1, -0.05) is 17.7 Å². The average Bonchev–Trinajstić information content (AvgIpc) is 2.74. The summed E-state index contributed by atoms with van der Waals surface area (Å²) >= 11 is 6.09. The van der Waals surface area contributed by atoms with Crippen LogP contribution in [-0.4, -0.2) is 24.4 Å². The fourth-order valence-corrected chi connectivity index (χ4v) is 2.46. The Morgan fingerprint density at radius 3 is 2.75 bits per heavy atom. The van der Waals surface area contributed by atoms with E-state index >= 15 is 0 Å². The van der Waals surface area contributed by atoms with Gasteiger partial charge in [0.05, 0.1) is 5.92 Å². The fourth-order valence-electron chi connectivity index (χ4n) is 2.28. The molecule has 1 aliphatic heterocycles. The molecular weight excluding hydrogens is 276 g/mol. The number of anilines is 1. The molecule has 1 aliphatic rings. The first-order valence-electron chi connectivity index (χ1n) is 6.75. The second-order valence-corrected chi connectivity index (χ2v) is 5.91. The Balaban J connectivity index is 2.13. The van der Waals surface area contributed by atoms with Gasteiger partial charge in [-0.25, -0.2) is 0 Å². The molecule has 4 nitrogen and oxygen atoms in total. The third-order valence-corrected chi connectivity index (χ3v) is 3.80. The number of nitrogens with one attached hydrogen (secondary N) is 1. The van der Waals surface area contributed by atoms with Gasteiger partial charge in [0.1, 0.15) is 0 Å². The average molecular weight is 295 g/mol. The molecule has 0 unspecified atom stereocenters. The Bertz CT molecular complexity index is 543. The van der Waals surface area contributed by atoms with Crippen LogP contribution in [0, 0.1) is 12.8 Å². The molecule has 0 aliphatic carbocycles. The second kappa shape index (κ2) is 5.83. The summed E-state index contributed by atoms with van der Waals surface area (Å²) in [6, 6.07) is 5.60. The lowest BCUT2D eigenvalue weighted by Crippen LogP contribution is -2.36. The predicted octanol–water partition coefficient (Wildman–Crippen LogP) is 2.53. The smallest absolute Gasteiger partial charge is 0.227 e. The van der Waals surface area contributed by atoms with Crippen LogP contribution < -0.4 is 10.2 Å². The van der Waals surface area contributed by atoms with Crippen molar-refractivity contribution < 1.29 is 9.59 Å². The van der Waals surface area contributed by atoms with Crippen molar-refractivity contribution in [2.45, 2.75) is 33.2 Å². The number of hydrogen-bond donors (Lipinski definition) is 1. The monoisotopic (exact) mass is 294 g/mol. The van der Waals surface area contributed by atoms with Crippen molar-refractivity contribution in [1.82, 2.24) is 5.32 Å². The molecule has 1 fully saturated rings. The van der Waals surface area contributed by atoms with E-state index in [1.54, 1.807) is 11.0 Å². The van der Waals surface area contributed by atoms with Crippen molar-refractivity contribution in [3.63, 3.8) is 0 Å². The SMILES string of the molecule is Cc1ccc(N2C[C@@H](C(=O)NC(C)C)CC2=O)cc1Cl. The highest BCUT2D eigenvalue weighted by Crippen LogP contribution is 2.28. The van der Waals surface area contributed by atoms with Crippen LogP contribution in [-0.2, 0) is 9.59 Å². The molecule has 0 radical (unpaired) electrons. The van der Waals surface area contributed by atoms with Gasteiger partial charge < -0.3 is 10.2 Å². The summed E-state index contributed by atoms with van der Waals surface area (Å²) in [6.07, 6.45) is 0.254. The number of hydrogen-bond acceptors (Lipinski definition) is 2. The minimum absolute atomic E-state index is 0.0335. The Morgan fingerprint density at radius 2 is 2.15 bits per heavy atom. The number of carbonyl (C=O) groups excluding carboxylic acids is 2. The summed E-state index contributed by atoms with van der Waals surface area (Å²) in [5.74, 6) is -0.382. The summed E-state index contributed by atoms with van der Waals surface area (Å²) in [7, 11) is 0. The molecule has 0 bridgehead atoms. The summed E-state index contributed by atoms with van der Waals surface area (Å²) in [5.41, 5.74) is 1.72. The lowest BCUT2D eigenvalue weighted by atomic mass is 10.1. The highest BCUT2D eigenvalue weighted by atomic mass is 35.5. The van der Waals surface area contributed by atoms with Gasteiger partial charge in [0.15, 0.2) is 0 Å². The van der Waals surface area contributed by atoms with Crippen LogP contribution >= 0.6 is 11.6 Å². The van der Waals surface area contributed by atoms with Crippen molar-refractivity contribution in [2.24, 2.45) is 5.92 Å². The van der Waals surface area contributed by atoms with E-state index < -0.39 is 0 Å². The molecule has 0 aromatic heterocycles. The van der Waals surface area contributed by atoms with Crippen molar-refractivity contribution in [3.05, 3.63) is 28.8 Å². The zero-order chi connectivity index (χ0) is 14.9. The normalized spacial score (nSPS) is 18.8. The quantitative estimate of drug-likeness (QED) is 0.931. The van der Waals surface area contributed by atoms with Crippen molar-refractivity contribution in [1.29, 1.82) is 0 Å². The molecule has 0 saturated carbocycles. The van der Waals surface area contributed by atoms with E-state index in [2.05, 4.69) is 5.32 Å². The summed E-state index contributed by atoms with van der Waals surface area (Å²) in [4.78, 5) is 25.7. The molecule has 1 aromatic rings. The van der Waals surface area contributed by atoms with Crippen LogP contribution in [0.15, 0.2) is 18.2 Å². The molecule has 2 amide bonds. The van der Waals surface area contributed by atoms with Crippen LogP contribution in [0.25, 0.3) is 0 Å². The molecule has 1 heterocycles. The molecule has 1 aromatic carbocycles. The maximum atomic E-state index is 12.1. The molecular formula is C15H19ClN2O2. The van der Waals surface area contributed by atoms with E-state index in [0.717, 1.165) is 11.3 Å². The Morgan fingerprint density at radius 1 is 1.45 bits per heavy atom. The van der Waals surface area contributed by atoms with E-state index in [-0.39, 0.29) is 30.2 Å². The molecule has 1 atom stereocenters. The number of rotatable bonds is 3. The van der Waals surface area contributed by atoms with Gasteiger partial charge in [-0.2, -0.15) is 0 Å². The van der Waals surface area contributed by atoms with Crippen molar-refractivity contribution in [3.8, 4) is 0 Å². The molecule has 2 rings (SSSR count). The van der Waals surface area contributed by atoms with Gasteiger partial charge in [-0.05, 0) is 38.5 Å². The van der Waals surface area contributed by atoms with Gasteiger partial charge in [-0.15, -0.1) is 0 Å². The van der Waals surface area contributed by atoms with E-state index in [4.69, 9.17) is 11.6 Å². The second-order valence-electron chi connectivity index (χ2n) is 5.50. The van der Waals surface area contributed by atoms with Gasteiger partial charge in [0, 0.05) is 29.7 Å². The maximum absolute atomic E-state index is 12.1.